The van der Waals surface area contributed by atoms with Crippen LogP contribution >= 0.6 is 11.6 Å². The van der Waals surface area contributed by atoms with E-state index in [4.69, 9.17) is 11.6 Å². The summed E-state index contributed by atoms with van der Waals surface area (Å²) < 4.78 is 1.78. The van der Waals surface area contributed by atoms with Crippen molar-refractivity contribution in [2.75, 3.05) is 13.1 Å². The second-order valence-corrected chi connectivity index (χ2v) is 5.66. The van der Waals surface area contributed by atoms with Crippen LogP contribution in [0.25, 0.3) is 11.0 Å². The molecule has 1 fully saturated rings. The molecule has 110 valence electrons. The number of hydrogen-bond acceptors (Lipinski definition) is 2. The van der Waals surface area contributed by atoms with Crippen LogP contribution in [0.2, 0.25) is 5.02 Å². The van der Waals surface area contributed by atoms with Gasteiger partial charge in [0.1, 0.15) is 0 Å². The third kappa shape index (κ3) is 2.49. The van der Waals surface area contributed by atoms with Crippen LogP contribution in [0.4, 0.5) is 0 Å². The molecule has 0 spiro atoms. The van der Waals surface area contributed by atoms with Gasteiger partial charge in [0.15, 0.2) is 0 Å². The number of hydrogen-bond donors (Lipinski definition) is 1. The number of imidazole rings is 1. The maximum absolute atomic E-state index is 12.2. The fourth-order valence-corrected chi connectivity index (χ4v) is 3.11. The van der Waals surface area contributed by atoms with E-state index in [1.165, 1.54) is 6.08 Å². The standard InChI is InChI=1S/C15H16ClN3O2/c1-2-14(20)18-7-5-11(6-8-18)19-13-4-3-10(16)9-12(13)17-15(19)21/h2-4,9,11H,1,5-8H2,(H,17,21). The van der Waals surface area contributed by atoms with Gasteiger partial charge < -0.3 is 9.88 Å². The van der Waals surface area contributed by atoms with Crippen molar-refractivity contribution in [2.45, 2.75) is 18.9 Å². The molecule has 0 aliphatic carbocycles. The van der Waals surface area contributed by atoms with Crippen LogP contribution in [0.3, 0.4) is 0 Å². The number of H-pyrrole nitrogens is 1. The highest BCUT2D eigenvalue weighted by Crippen LogP contribution is 2.26. The Morgan fingerprint density at radius 3 is 2.76 bits per heavy atom. The molecule has 3 rings (SSSR count). The number of benzene rings is 1. The molecule has 1 aromatic heterocycles. The van der Waals surface area contributed by atoms with Crippen LogP contribution in [-0.4, -0.2) is 33.4 Å². The summed E-state index contributed by atoms with van der Waals surface area (Å²) in [5.74, 6) is -0.0495. The molecule has 0 bridgehead atoms. The molecule has 5 nitrogen and oxygen atoms in total. The van der Waals surface area contributed by atoms with Crippen molar-refractivity contribution in [1.29, 1.82) is 0 Å². The molecule has 2 aromatic rings. The van der Waals surface area contributed by atoms with Gasteiger partial charge in [-0.1, -0.05) is 18.2 Å². The quantitative estimate of drug-likeness (QED) is 0.866. The molecule has 1 saturated heterocycles. The number of carbonyl (C=O) groups is 1. The van der Waals surface area contributed by atoms with E-state index in [0.717, 1.165) is 23.9 Å². The lowest BCUT2D eigenvalue weighted by atomic mass is 10.0. The van der Waals surface area contributed by atoms with E-state index < -0.39 is 0 Å². The molecule has 1 N–H and O–H groups in total. The monoisotopic (exact) mass is 305 g/mol. The molecular formula is C15H16ClN3O2. The molecule has 1 aromatic carbocycles. The Kier molecular flexibility index (Phi) is 3.59. The molecule has 0 atom stereocenters. The van der Waals surface area contributed by atoms with Gasteiger partial charge in [0.2, 0.25) is 5.91 Å². The average Bonchev–Trinajstić information content (AvgIpc) is 2.81. The Bertz CT molecular complexity index is 754. The number of fused-ring (bicyclic) bond motifs is 1. The SMILES string of the molecule is C=CC(=O)N1CCC(n2c(=O)[nH]c3cc(Cl)ccc32)CC1. The summed E-state index contributed by atoms with van der Waals surface area (Å²) in [6.45, 7) is 4.79. The van der Waals surface area contributed by atoms with Crippen LogP contribution in [0.5, 0.6) is 0 Å². The summed E-state index contributed by atoms with van der Waals surface area (Å²) in [4.78, 5) is 28.4. The average molecular weight is 306 g/mol. The van der Waals surface area contributed by atoms with Crippen molar-refractivity contribution in [3.8, 4) is 0 Å². The van der Waals surface area contributed by atoms with Gasteiger partial charge in [-0.3, -0.25) is 9.36 Å². The third-order valence-electron chi connectivity index (χ3n) is 3.99. The van der Waals surface area contributed by atoms with Crippen molar-refractivity contribution >= 4 is 28.5 Å². The van der Waals surface area contributed by atoms with Crippen molar-refractivity contribution in [2.24, 2.45) is 0 Å². The zero-order valence-electron chi connectivity index (χ0n) is 11.5. The van der Waals surface area contributed by atoms with Crippen LogP contribution in [0.1, 0.15) is 18.9 Å². The molecule has 0 unspecified atom stereocenters. The molecule has 21 heavy (non-hydrogen) atoms. The maximum atomic E-state index is 12.2. The van der Waals surface area contributed by atoms with E-state index >= 15 is 0 Å². The first-order valence-electron chi connectivity index (χ1n) is 6.91. The van der Waals surface area contributed by atoms with E-state index in [1.807, 2.05) is 6.07 Å². The lowest BCUT2D eigenvalue weighted by Gasteiger charge is -2.31. The van der Waals surface area contributed by atoms with Crippen molar-refractivity contribution in [3.63, 3.8) is 0 Å². The summed E-state index contributed by atoms with van der Waals surface area (Å²) >= 11 is 5.95. The van der Waals surface area contributed by atoms with E-state index in [1.54, 1.807) is 21.6 Å². The Morgan fingerprint density at radius 2 is 2.10 bits per heavy atom. The van der Waals surface area contributed by atoms with Gasteiger partial charge in [0, 0.05) is 24.2 Å². The number of likely N-dealkylation sites (tertiary alicyclic amines) is 1. The topological polar surface area (TPSA) is 58.1 Å². The highest BCUT2D eigenvalue weighted by atomic mass is 35.5. The highest BCUT2D eigenvalue weighted by molar-refractivity contribution is 6.31. The number of aromatic nitrogens is 2. The first kappa shape index (κ1) is 13.9. The molecular weight excluding hydrogens is 290 g/mol. The number of carbonyl (C=O) groups excluding carboxylic acids is 1. The van der Waals surface area contributed by atoms with Crippen molar-refractivity contribution in [1.82, 2.24) is 14.5 Å². The number of nitrogens with one attached hydrogen (secondary N) is 1. The zero-order chi connectivity index (χ0) is 15.0. The van der Waals surface area contributed by atoms with Crippen molar-refractivity contribution < 1.29 is 4.79 Å². The normalized spacial score (nSPS) is 16.3. The molecule has 1 amide bonds. The smallest absolute Gasteiger partial charge is 0.326 e. The predicted octanol–water partition coefficient (Wildman–Crippen LogP) is 2.33. The van der Waals surface area contributed by atoms with Gasteiger partial charge in [0.25, 0.3) is 0 Å². The fraction of sp³-hybridized carbons (Fsp3) is 0.333. The first-order chi connectivity index (χ1) is 10.1. The lowest BCUT2D eigenvalue weighted by molar-refractivity contribution is -0.127. The van der Waals surface area contributed by atoms with Crippen molar-refractivity contribution in [3.05, 3.63) is 46.4 Å². The molecule has 1 aliphatic heterocycles. The summed E-state index contributed by atoms with van der Waals surface area (Å²) in [6, 6.07) is 5.49. The van der Waals surface area contributed by atoms with Crippen LogP contribution in [-0.2, 0) is 4.79 Å². The number of piperidine rings is 1. The van der Waals surface area contributed by atoms with E-state index in [-0.39, 0.29) is 17.6 Å². The summed E-state index contributed by atoms with van der Waals surface area (Å²) in [6.07, 6.45) is 2.85. The minimum absolute atomic E-state index is 0.0495. The number of aromatic amines is 1. The summed E-state index contributed by atoms with van der Waals surface area (Å²) in [5, 5.41) is 0.599. The summed E-state index contributed by atoms with van der Waals surface area (Å²) in [7, 11) is 0. The third-order valence-corrected chi connectivity index (χ3v) is 4.23. The number of halogens is 1. The van der Waals surface area contributed by atoms with Gasteiger partial charge in [-0.2, -0.15) is 0 Å². The minimum atomic E-state index is -0.124. The number of nitrogens with zero attached hydrogens (tertiary/aromatic N) is 2. The Labute approximate surface area is 126 Å². The van der Waals surface area contributed by atoms with Gasteiger partial charge >= 0.3 is 5.69 Å². The van der Waals surface area contributed by atoms with Gasteiger partial charge in [0.05, 0.1) is 11.0 Å². The molecule has 1 aliphatic rings. The molecule has 0 saturated carbocycles. The van der Waals surface area contributed by atoms with Crippen LogP contribution in [0.15, 0.2) is 35.6 Å². The van der Waals surface area contributed by atoms with Gasteiger partial charge in [-0.05, 0) is 37.1 Å². The zero-order valence-corrected chi connectivity index (χ0v) is 12.3. The van der Waals surface area contributed by atoms with Crippen LogP contribution in [0, 0.1) is 0 Å². The number of rotatable bonds is 2. The van der Waals surface area contributed by atoms with E-state index in [0.29, 0.717) is 18.1 Å². The van der Waals surface area contributed by atoms with E-state index in [9.17, 15) is 9.59 Å². The minimum Gasteiger partial charge on any atom is -0.339 e. The summed E-state index contributed by atoms with van der Waals surface area (Å²) in [5.41, 5.74) is 1.48. The van der Waals surface area contributed by atoms with Gasteiger partial charge in [-0.25, -0.2) is 4.79 Å². The largest absolute Gasteiger partial charge is 0.339 e. The molecule has 2 heterocycles. The first-order valence-corrected chi connectivity index (χ1v) is 7.29. The van der Waals surface area contributed by atoms with Crippen LogP contribution < -0.4 is 5.69 Å². The number of amides is 1. The van der Waals surface area contributed by atoms with Gasteiger partial charge in [-0.15, -0.1) is 0 Å². The second-order valence-electron chi connectivity index (χ2n) is 5.22. The molecule has 0 radical (unpaired) electrons. The Hall–Kier alpha value is -2.01. The lowest BCUT2D eigenvalue weighted by Crippen LogP contribution is -2.39. The second kappa shape index (κ2) is 5.41. The Balaban J connectivity index is 1.89. The molecule has 6 heteroatoms. The predicted molar refractivity (Wildman–Crippen MR) is 82.6 cm³/mol. The van der Waals surface area contributed by atoms with E-state index in [2.05, 4.69) is 11.6 Å². The Morgan fingerprint density at radius 1 is 1.38 bits per heavy atom. The fourth-order valence-electron chi connectivity index (χ4n) is 2.94. The maximum Gasteiger partial charge on any atom is 0.326 e. The highest BCUT2D eigenvalue weighted by Gasteiger charge is 2.25.